The van der Waals surface area contributed by atoms with Gasteiger partial charge >= 0.3 is 39.5 Å². The minimum Gasteiger partial charge on any atom is -0.462 e. The summed E-state index contributed by atoms with van der Waals surface area (Å²) in [7, 11) is -9.92. The van der Waals surface area contributed by atoms with E-state index in [0.717, 1.165) is 108 Å². The number of aliphatic hydroxyl groups is 1. The first-order valence-corrected chi connectivity index (χ1v) is 44.9. The molecule has 0 radical (unpaired) electrons. The van der Waals surface area contributed by atoms with E-state index in [4.69, 9.17) is 37.0 Å². The molecule has 0 aliphatic heterocycles. The van der Waals surface area contributed by atoms with Gasteiger partial charge in [0, 0.05) is 25.7 Å². The van der Waals surface area contributed by atoms with E-state index < -0.39 is 97.5 Å². The summed E-state index contributed by atoms with van der Waals surface area (Å²) < 4.78 is 68.7. The summed E-state index contributed by atoms with van der Waals surface area (Å²) in [5, 5.41) is 10.6. The van der Waals surface area contributed by atoms with Crippen LogP contribution < -0.4 is 0 Å². The number of unbranched alkanes of at least 4 members (excludes halogenated alkanes) is 46. The van der Waals surface area contributed by atoms with E-state index in [2.05, 4.69) is 48.5 Å². The van der Waals surface area contributed by atoms with Crippen LogP contribution in [0.4, 0.5) is 0 Å². The molecule has 6 atom stereocenters. The number of rotatable bonds is 79. The maximum Gasteiger partial charge on any atom is 0.472 e. The van der Waals surface area contributed by atoms with Crippen LogP contribution in [-0.2, 0) is 65.4 Å². The lowest BCUT2D eigenvalue weighted by Crippen LogP contribution is -2.30. The number of phosphoric ester groups is 2. The molecule has 0 fully saturated rings. The number of carbonyl (C=O) groups excluding carboxylic acids is 4. The van der Waals surface area contributed by atoms with Crippen molar-refractivity contribution in [3.05, 3.63) is 0 Å². The molecule has 0 aromatic heterocycles. The molecule has 3 unspecified atom stereocenters. The predicted molar refractivity (Wildman–Crippen MR) is 409 cm³/mol. The lowest BCUT2D eigenvalue weighted by Gasteiger charge is -2.21. The van der Waals surface area contributed by atoms with Crippen LogP contribution in [0, 0.1) is 17.8 Å². The molecule has 0 saturated heterocycles. The third kappa shape index (κ3) is 73.0. The smallest absolute Gasteiger partial charge is 0.462 e. The van der Waals surface area contributed by atoms with E-state index >= 15 is 0 Å². The summed E-state index contributed by atoms with van der Waals surface area (Å²) >= 11 is 0. The number of aliphatic hydroxyl groups excluding tert-OH is 1. The SMILES string of the molecule is CCCCCCCCCCCCCCCCCCCC(=O)OC[C@H](COP(=O)(O)OC[C@@H](O)COP(=O)(O)OC[C@@H](COC(=O)CCCCCCCCCC(C)C)OC(=O)CCCCCCCCCCCCCCC(C)C)OC(=O)CCCCCCCCCCCCCCCCC(C)CC. The second-order valence-electron chi connectivity index (χ2n) is 30.4. The van der Waals surface area contributed by atoms with Crippen LogP contribution in [0.2, 0.25) is 0 Å². The minimum atomic E-state index is -4.96. The van der Waals surface area contributed by atoms with E-state index in [0.29, 0.717) is 31.6 Å². The number of phosphoric acid groups is 2. The maximum atomic E-state index is 13.1. The fourth-order valence-electron chi connectivity index (χ4n) is 12.5. The van der Waals surface area contributed by atoms with Gasteiger partial charge in [-0.05, 0) is 43.4 Å². The molecule has 0 amide bonds. The average molecular weight is 1470 g/mol. The molecule has 17 nitrogen and oxygen atoms in total. The van der Waals surface area contributed by atoms with Crippen molar-refractivity contribution in [2.45, 2.75) is 439 Å². The van der Waals surface area contributed by atoms with Gasteiger partial charge in [0.25, 0.3) is 0 Å². The van der Waals surface area contributed by atoms with Crippen LogP contribution in [0.1, 0.15) is 421 Å². The lowest BCUT2D eigenvalue weighted by molar-refractivity contribution is -0.161. The Kier molecular flexibility index (Phi) is 69.9. The van der Waals surface area contributed by atoms with Crippen LogP contribution in [0.3, 0.4) is 0 Å². The van der Waals surface area contributed by atoms with Crippen LogP contribution in [0.5, 0.6) is 0 Å². The molecule has 0 saturated carbocycles. The molecule has 0 aromatic carbocycles. The van der Waals surface area contributed by atoms with Gasteiger partial charge in [-0.1, -0.05) is 370 Å². The van der Waals surface area contributed by atoms with Crippen LogP contribution in [0.25, 0.3) is 0 Å². The molecule has 19 heteroatoms. The van der Waals surface area contributed by atoms with Gasteiger partial charge in [-0.2, -0.15) is 0 Å². The van der Waals surface area contributed by atoms with Crippen molar-refractivity contribution in [2.75, 3.05) is 39.6 Å². The van der Waals surface area contributed by atoms with E-state index in [9.17, 15) is 43.2 Å². The molecule has 0 bridgehead atoms. The molecule has 594 valence electrons. The Morgan fingerprint density at radius 2 is 0.510 bits per heavy atom. The fraction of sp³-hybridized carbons (Fsp3) is 0.951. The first-order valence-electron chi connectivity index (χ1n) is 41.9. The zero-order valence-corrected chi connectivity index (χ0v) is 67.5. The van der Waals surface area contributed by atoms with Crippen LogP contribution in [-0.4, -0.2) is 96.7 Å². The van der Waals surface area contributed by atoms with Crippen molar-refractivity contribution in [3.63, 3.8) is 0 Å². The Balaban J connectivity index is 5.25. The summed E-state index contributed by atoms with van der Waals surface area (Å²) in [6, 6.07) is 0. The molecule has 0 aromatic rings. The van der Waals surface area contributed by atoms with Gasteiger partial charge in [0.05, 0.1) is 26.4 Å². The predicted octanol–water partition coefficient (Wildman–Crippen LogP) is 24.1. The summed E-state index contributed by atoms with van der Waals surface area (Å²) in [4.78, 5) is 73.0. The summed E-state index contributed by atoms with van der Waals surface area (Å²) in [5.41, 5.74) is 0. The standard InChI is InChI=1S/C81H158O17P2/c1-8-10-11-12-13-14-15-16-17-18-19-23-29-34-41-48-55-62-78(83)91-68-76(97-80(85)64-57-50-42-35-30-24-21-20-22-28-33-40-47-54-61-74(7)9-2)70-95-99(87,88)93-66-75(82)67-94-100(89,90)96-71-77(69-92-79(84)63-56-49-44-37-39-46-53-60-73(5)6)98-81(86)65-58-51-43-36-31-26-25-27-32-38-45-52-59-72(3)4/h72-77,82H,8-71H2,1-7H3,(H,87,88)(H,89,90)/t74?,75-,76-,77-/m1/s1. The van der Waals surface area contributed by atoms with Gasteiger partial charge < -0.3 is 33.8 Å². The van der Waals surface area contributed by atoms with E-state index in [1.54, 1.807) is 0 Å². The second-order valence-corrected chi connectivity index (χ2v) is 33.3. The van der Waals surface area contributed by atoms with Gasteiger partial charge in [-0.25, -0.2) is 9.13 Å². The molecule has 0 heterocycles. The highest BCUT2D eigenvalue weighted by Crippen LogP contribution is 2.45. The van der Waals surface area contributed by atoms with Crippen molar-refractivity contribution in [1.29, 1.82) is 0 Å². The third-order valence-corrected chi connectivity index (χ3v) is 21.1. The highest BCUT2D eigenvalue weighted by atomic mass is 31.2. The van der Waals surface area contributed by atoms with Crippen LogP contribution in [0.15, 0.2) is 0 Å². The number of ether oxygens (including phenoxy) is 4. The van der Waals surface area contributed by atoms with Crippen LogP contribution >= 0.6 is 15.6 Å². The number of carbonyl (C=O) groups is 4. The zero-order chi connectivity index (χ0) is 73.7. The molecule has 3 N–H and O–H groups in total. The van der Waals surface area contributed by atoms with E-state index in [-0.39, 0.29) is 25.7 Å². The normalized spacial score (nSPS) is 14.2. The van der Waals surface area contributed by atoms with Crippen molar-refractivity contribution < 1.29 is 80.2 Å². The maximum absolute atomic E-state index is 13.1. The molecule has 0 aliphatic rings. The Bertz CT molecular complexity index is 1940. The van der Waals surface area contributed by atoms with Crippen molar-refractivity contribution in [1.82, 2.24) is 0 Å². The second kappa shape index (κ2) is 71.3. The molecule has 0 rings (SSSR count). The Morgan fingerprint density at radius 1 is 0.290 bits per heavy atom. The van der Waals surface area contributed by atoms with Crippen molar-refractivity contribution >= 4 is 39.5 Å². The molecular formula is C81H158O17P2. The number of hydrogen-bond acceptors (Lipinski definition) is 15. The van der Waals surface area contributed by atoms with Gasteiger partial charge in [0.2, 0.25) is 0 Å². The quantitative estimate of drug-likeness (QED) is 0.0222. The minimum absolute atomic E-state index is 0.106. The highest BCUT2D eigenvalue weighted by molar-refractivity contribution is 7.47. The molecule has 0 aliphatic carbocycles. The molecular weight excluding hydrogens is 1310 g/mol. The lowest BCUT2D eigenvalue weighted by atomic mass is 9.99. The van der Waals surface area contributed by atoms with E-state index in [1.165, 1.54) is 225 Å². The average Bonchev–Trinajstić information content (AvgIpc) is 1.04. The topological polar surface area (TPSA) is 237 Å². The monoisotopic (exact) mass is 1470 g/mol. The number of esters is 4. The van der Waals surface area contributed by atoms with Gasteiger partial charge in [0.15, 0.2) is 12.2 Å². The Hall–Kier alpha value is -1.94. The first kappa shape index (κ1) is 98.1. The summed E-state index contributed by atoms with van der Waals surface area (Å²) in [5.74, 6) is 0.216. The largest absolute Gasteiger partial charge is 0.472 e. The van der Waals surface area contributed by atoms with Gasteiger partial charge in [0.1, 0.15) is 19.3 Å². The van der Waals surface area contributed by atoms with Crippen molar-refractivity contribution in [3.8, 4) is 0 Å². The summed E-state index contributed by atoms with van der Waals surface area (Å²) in [6.07, 6.45) is 59.6. The summed E-state index contributed by atoms with van der Waals surface area (Å²) in [6.45, 7) is 11.9. The van der Waals surface area contributed by atoms with Gasteiger partial charge in [-0.15, -0.1) is 0 Å². The zero-order valence-electron chi connectivity index (χ0n) is 65.7. The number of hydrogen-bond donors (Lipinski definition) is 3. The van der Waals surface area contributed by atoms with E-state index in [1.807, 2.05) is 0 Å². The Morgan fingerprint density at radius 3 is 0.760 bits per heavy atom. The molecule has 0 spiro atoms. The van der Waals surface area contributed by atoms with Crippen molar-refractivity contribution in [2.24, 2.45) is 17.8 Å². The third-order valence-electron chi connectivity index (χ3n) is 19.2. The highest BCUT2D eigenvalue weighted by Gasteiger charge is 2.30. The fourth-order valence-corrected chi connectivity index (χ4v) is 14.0. The molecule has 100 heavy (non-hydrogen) atoms. The first-order chi connectivity index (χ1) is 48.3. The Labute approximate surface area is 613 Å². The van der Waals surface area contributed by atoms with Gasteiger partial charge in [-0.3, -0.25) is 37.3 Å².